The molecule has 0 bridgehead atoms. The average Bonchev–Trinajstić information content (AvgIpc) is 2.54. The molecule has 0 aliphatic carbocycles. The number of nitriles is 1. The van der Waals surface area contributed by atoms with Crippen LogP contribution in [0.3, 0.4) is 0 Å². The predicted octanol–water partition coefficient (Wildman–Crippen LogP) is 2.63. The van der Waals surface area contributed by atoms with E-state index in [1.54, 1.807) is 6.92 Å². The third kappa shape index (κ3) is 5.54. The highest BCUT2D eigenvalue weighted by Gasteiger charge is 2.30. The van der Waals surface area contributed by atoms with Gasteiger partial charge in [0.1, 0.15) is 5.54 Å². The number of likely N-dealkylation sites (N-methyl/N-ethyl adjacent to an activating group) is 1. The number of rotatable bonds is 8. The molecule has 132 valence electrons. The summed E-state index contributed by atoms with van der Waals surface area (Å²) in [7, 11) is 4.03. The number of hydrogen-bond donors (Lipinski definition) is 1. The van der Waals surface area contributed by atoms with Crippen molar-refractivity contribution in [1.29, 1.82) is 5.26 Å². The Balaban J connectivity index is 2.67. The Bertz CT molecular complexity index is 574. The van der Waals surface area contributed by atoms with E-state index in [9.17, 15) is 10.1 Å². The van der Waals surface area contributed by atoms with E-state index >= 15 is 0 Å². The van der Waals surface area contributed by atoms with Crippen molar-refractivity contribution in [2.45, 2.75) is 39.8 Å². The van der Waals surface area contributed by atoms with Crippen LogP contribution in [-0.4, -0.2) is 43.5 Å². The molecule has 0 spiro atoms. The van der Waals surface area contributed by atoms with Crippen LogP contribution in [0.5, 0.6) is 0 Å². The lowest BCUT2D eigenvalue weighted by atomic mass is 9.90. The monoisotopic (exact) mass is 330 g/mol. The number of nitrogens with one attached hydrogen (secondary N) is 1. The van der Waals surface area contributed by atoms with Crippen molar-refractivity contribution in [3.05, 3.63) is 29.8 Å². The van der Waals surface area contributed by atoms with Crippen LogP contribution >= 0.6 is 0 Å². The summed E-state index contributed by atoms with van der Waals surface area (Å²) < 4.78 is 0. The molecule has 1 aromatic rings. The largest absolute Gasteiger partial charge is 0.378 e. The SMILES string of the molecule is CCN(CC(=O)N[C@@](C)(C#N)C(C)C)Cc1ccc(N(C)C)cc1. The van der Waals surface area contributed by atoms with Crippen LogP contribution in [0.4, 0.5) is 5.69 Å². The molecule has 1 amide bonds. The van der Waals surface area contributed by atoms with Gasteiger partial charge in [0.25, 0.3) is 0 Å². The van der Waals surface area contributed by atoms with Gasteiger partial charge in [-0.25, -0.2) is 0 Å². The van der Waals surface area contributed by atoms with E-state index in [4.69, 9.17) is 0 Å². The van der Waals surface area contributed by atoms with Gasteiger partial charge in [0.2, 0.25) is 5.91 Å². The minimum Gasteiger partial charge on any atom is -0.378 e. The second-order valence-corrected chi connectivity index (χ2v) is 6.88. The Morgan fingerprint density at radius 2 is 1.88 bits per heavy atom. The van der Waals surface area contributed by atoms with Gasteiger partial charge in [-0.3, -0.25) is 9.69 Å². The highest BCUT2D eigenvalue weighted by Crippen LogP contribution is 2.16. The van der Waals surface area contributed by atoms with Gasteiger partial charge in [0.05, 0.1) is 12.6 Å². The first-order valence-electron chi connectivity index (χ1n) is 8.42. The smallest absolute Gasteiger partial charge is 0.235 e. The summed E-state index contributed by atoms with van der Waals surface area (Å²) in [4.78, 5) is 16.4. The Labute approximate surface area is 146 Å². The van der Waals surface area contributed by atoms with Crippen LogP contribution in [0.25, 0.3) is 0 Å². The van der Waals surface area contributed by atoms with Gasteiger partial charge in [0.15, 0.2) is 0 Å². The third-order valence-corrected chi connectivity index (χ3v) is 4.46. The van der Waals surface area contributed by atoms with Crippen molar-refractivity contribution in [2.24, 2.45) is 5.92 Å². The highest BCUT2D eigenvalue weighted by atomic mass is 16.2. The van der Waals surface area contributed by atoms with Crippen LogP contribution < -0.4 is 10.2 Å². The lowest BCUT2D eigenvalue weighted by molar-refractivity contribution is -0.124. The first-order valence-corrected chi connectivity index (χ1v) is 8.42. The summed E-state index contributed by atoms with van der Waals surface area (Å²) in [6, 6.07) is 10.5. The highest BCUT2D eigenvalue weighted by molar-refractivity contribution is 5.79. The Kier molecular flexibility index (Phi) is 7.24. The second kappa shape index (κ2) is 8.70. The fourth-order valence-electron chi connectivity index (χ4n) is 2.27. The maximum Gasteiger partial charge on any atom is 0.235 e. The van der Waals surface area contributed by atoms with Crippen molar-refractivity contribution in [1.82, 2.24) is 10.2 Å². The molecule has 1 rings (SSSR count). The molecule has 5 nitrogen and oxygen atoms in total. The molecular weight excluding hydrogens is 300 g/mol. The van der Waals surface area contributed by atoms with E-state index in [0.29, 0.717) is 6.54 Å². The van der Waals surface area contributed by atoms with Crippen LogP contribution in [0.15, 0.2) is 24.3 Å². The van der Waals surface area contributed by atoms with E-state index in [1.807, 2.05) is 34.9 Å². The molecule has 0 saturated heterocycles. The van der Waals surface area contributed by atoms with Gasteiger partial charge in [-0.05, 0) is 37.1 Å². The molecule has 0 unspecified atom stereocenters. The topological polar surface area (TPSA) is 59.4 Å². The molecule has 5 heteroatoms. The summed E-state index contributed by atoms with van der Waals surface area (Å²) >= 11 is 0. The fourth-order valence-corrected chi connectivity index (χ4v) is 2.27. The molecule has 0 aromatic heterocycles. The van der Waals surface area contributed by atoms with Gasteiger partial charge in [-0.15, -0.1) is 0 Å². The molecule has 0 radical (unpaired) electrons. The minimum atomic E-state index is -0.830. The third-order valence-electron chi connectivity index (χ3n) is 4.46. The Morgan fingerprint density at radius 3 is 2.29 bits per heavy atom. The normalized spacial score (nSPS) is 13.5. The van der Waals surface area contributed by atoms with Crippen molar-refractivity contribution >= 4 is 11.6 Å². The standard InChI is InChI=1S/C19H30N4O/c1-7-23(12-16-8-10-17(11-9-16)22(5)6)13-18(24)21-19(4,14-20)15(2)3/h8-11,15H,7,12-13H2,1-6H3,(H,21,24)/t19-/m0/s1. The van der Waals surface area contributed by atoms with Crippen LogP contribution in [0.2, 0.25) is 0 Å². The summed E-state index contributed by atoms with van der Waals surface area (Å²) in [5.74, 6) is -0.0559. The van der Waals surface area contributed by atoms with Gasteiger partial charge in [-0.1, -0.05) is 32.9 Å². The fraction of sp³-hybridized carbons (Fsp3) is 0.579. The zero-order chi connectivity index (χ0) is 18.3. The second-order valence-electron chi connectivity index (χ2n) is 6.88. The summed E-state index contributed by atoms with van der Waals surface area (Å²) in [5.41, 5.74) is 1.49. The zero-order valence-corrected chi connectivity index (χ0v) is 15.8. The number of benzene rings is 1. The van der Waals surface area contributed by atoms with Gasteiger partial charge in [-0.2, -0.15) is 5.26 Å². The maximum absolute atomic E-state index is 12.3. The first kappa shape index (κ1) is 20.0. The molecule has 24 heavy (non-hydrogen) atoms. The summed E-state index contributed by atoms with van der Waals surface area (Å²) in [6.45, 7) is 9.45. The summed E-state index contributed by atoms with van der Waals surface area (Å²) in [6.07, 6.45) is 0. The van der Waals surface area contributed by atoms with E-state index in [1.165, 1.54) is 5.56 Å². The Hall–Kier alpha value is -2.06. The number of carbonyl (C=O) groups excluding carboxylic acids is 1. The minimum absolute atomic E-state index is 0.0557. The number of hydrogen-bond acceptors (Lipinski definition) is 4. The molecule has 0 saturated carbocycles. The Morgan fingerprint density at radius 1 is 1.29 bits per heavy atom. The van der Waals surface area contributed by atoms with Crippen LogP contribution in [-0.2, 0) is 11.3 Å². The molecule has 0 fully saturated rings. The lowest BCUT2D eigenvalue weighted by Crippen LogP contribution is -2.51. The average molecular weight is 330 g/mol. The molecule has 0 heterocycles. The van der Waals surface area contributed by atoms with Crippen molar-refractivity contribution in [3.8, 4) is 6.07 Å². The number of anilines is 1. The van der Waals surface area contributed by atoms with E-state index in [0.717, 1.165) is 12.2 Å². The molecule has 0 aliphatic rings. The molecule has 1 N–H and O–H groups in total. The summed E-state index contributed by atoms with van der Waals surface area (Å²) in [5, 5.41) is 12.2. The number of carbonyl (C=O) groups is 1. The van der Waals surface area contributed by atoms with E-state index in [-0.39, 0.29) is 18.4 Å². The van der Waals surface area contributed by atoms with Crippen molar-refractivity contribution < 1.29 is 4.79 Å². The molecular formula is C19H30N4O. The quantitative estimate of drug-likeness (QED) is 0.796. The van der Waals surface area contributed by atoms with Crippen LogP contribution in [0, 0.1) is 17.2 Å². The molecule has 1 atom stereocenters. The van der Waals surface area contributed by atoms with Gasteiger partial charge < -0.3 is 10.2 Å². The molecule has 1 aromatic carbocycles. The number of nitrogens with zero attached hydrogens (tertiary/aromatic N) is 3. The number of amides is 1. The lowest BCUT2D eigenvalue weighted by Gasteiger charge is -2.29. The van der Waals surface area contributed by atoms with E-state index < -0.39 is 5.54 Å². The van der Waals surface area contributed by atoms with E-state index in [2.05, 4.69) is 45.5 Å². The van der Waals surface area contributed by atoms with Gasteiger partial charge in [0, 0.05) is 26.3 Å². The first-order chi connectivity index (χ1) is 11.2. The van der Waals surface area contributed by atoms with Crippen molar-refractivity contribution in [2.75, 3.05) is 32.1 Å². The molecule has 0 aliphatic heterocycles. The van der Waals surface area contributed by atoms with Crippen molar-refractivity contribution in [3.63, 3.8) is 0 Å². The maximum atomic E-state index is 12.3. The zero-order valence-electron chi connectivity index (χ0n) is 15.8. The predicted molar refractivity (Wildman–Crippen MR) is 98.7 cm³/mol. The van der Waals surface area contributed by atoms with Crippen LogP contribution in [0.1, 0.15) is 33.3 Å². The van der Waals surface area contributed by atoms with Gasteiger partial charge >= 0.3 is 0 Å².